The molecule has 4 aromatic rings. The summed E-state index contributed by atoms with van der Waals surface area (Å²) >= 11 is 1.55. The number of anilines is 2. The summed E-state index contributed by atoms with van der Waals surface area (Å²) in [6.45, 7) is 2.22. The van der Waals surface area contributed by atoms with Gasteiger partial charge in [-0.2, -0.15) is 0 Å². The smallest absolute Gasteiger partial charge is 0.259 e. The molecule has 172 valence electrons. The van der Waals surface area contributed by atoms with Gasteiger partial charge in [0.1, 0.15) is 18.1 Å². The first-order valence-electron chi connectivity index (χ1n) is 10.5. The van der Waals surface area contributed by atoms with Crippen LogP contribution >= 0.6 is 11.3 Å². The first-order valence-corrected chi connectivity index (χ1v) is 11.4. The van der Waals surface area contributed by atoms with Crippen LogP contribution in [0.15, 0.2) is 78.2 Å². The molecule has 34 heavy (non-hydrogen) atoms. The zero-order chi connectivity index (χ0) is 23.9. The molecule has 7 nitrogen and oxygen atoms in total. The van der Waals surface area contributed by atoms with E-state index in [9.17, 15) is 9.59 Å². The minimum atomic E-state index is -0.309. The van der Waals surface area contributed by atoms with Crippen LogP contribution in [0.5, 0.6) is 11.5 Å². The summed E-state index contributed by atoms with van der Waals surface area (Å²) < 4.78 is 11.1. The number of nitrogens with zero attached hydrogens (tertiary/aromatic N) is 1. The Hall–Kier alpha value is -4.17. The molecule has 0 atom stereocenters. The molecule has 0 fully saturated rings. The topological polar surface area (TPSA) is 89.6 Å². The van der Waals surface area contributed by atoms with Crippen molar-refractivity contribution in [3.05, 3.63) is 100 Å². The minimum absolute atomic E-state index is 0.279. The Morgan fingerprint density at radius 2 is 1.59 bits per heavy atom. The van der Waals surface area contributed by atoms with E-state index in [-0.39, 0.29) is 18.4 Å². The van der Waals surface area contributed by atoms with E-state index < -0.39 is 0 Å². The zero-order valence-corrected chi connectivity index (χ0v) is 19.5. The van der Waals surface area contributed by atoms with E-state index in [1.807, 2.05) is 30.5 Å². The molecule has 2 N–H and O–H groups in total. The number of amides is 2. The fourth-order valence-electron chi connectivity index (χ4n) is 3.25. The number of para-hydroxylation sites is 3. The van der Waals surface area contributed by atoms with E-state index in [1.165, 1.54) is 0 Å². The summed E-state index contributed by atoms with van der Waals surface area (Å²) in [5.74, 6) is 0.457. The SMILES string of the molecule is COc1ccccc1NC(=O)c1ccc(NC(=O)c2ccccc2OCc2csc(C)n2)cc1. The fraction of sp³-hybridized carbons (Fsp3) is 0.115. The lowest BCUT2D eigenvalue weighted by Gasteiger charge is -2.12. The molecule has 0 saturated carbocycles. The lowest BCUT2D eigenvalue weighted by atomic mass is 10.1. The lowest BCUT2D eigenvalue weighted by molar-refractivity contribution is 0.101. The molecule has 0 aliphatic heterocycles. The maximum Gasteiger partial charge on any atom is 0.259 e. The number of hydrogen-bond donors (Lipinski definition) is 2. The van der Waals surface area contributed by atoms with E-state index in [1.54, 1.807) is 73.0 Å². The highest BCUT2D eigenvalue weighted by molar-refractivity contribution is 7.09. The Kier molecular flexibility index (Phi) is 7.19. The number of aromatic nitrogens is 1. The highest BCUT2D eigenvalue weighted by Crippen LogP contribution is 2.24. The normalized spacial score (nSPS) is 10.4. The fourth-order valence-corrected chi connectivity index (χ4v) is 3.85. The molecule has 4 rings (SSSR count). The van der Waals surface area contributed by atoms with Crippen molar-refractivity contribution in [1.29, 1.82) is 0 Å². The monoisotopic (exact) mass is 473 g/mol. The van der Waals surface area contributed by atoms with Crippen molar-refractivity contribution >= 4 is 34.5 Å². The molecule has 3 aromatic carbocycles. The van der Waals surface area contributed by atoms with Gasteiger partial charge in [-0.3, -0.25) is 9.59 Å². The van der Waals surface area contributed by atoms with Gasteiger partial charge in [0.15, 0.2) is 0 Å². The molecule has 0 spiro atoms. The van der Waals surface area contributed by atoms with Crippen molar-refractivity contribution in [2.24, 2.45) is 0 Å². The third-order valence-electron chi connectivity index (χ3n) is 4.93. The summed E-state index contributed by atoms with van der Waals surface area (Å²) in [6, 6.07) is 20.9. The Bertz CT molecular complexity index is 1300. The van der Waals surface area contributed by atoms with E-state index >= 15 is 0 Å². The molecule has 0 aliphatic rings. The molecule has 1 aromatic heterocycles. The first-order chi connectivity index (χ1) is 16.5. The van der Waals surface area contributed by atoms with Gasteiger partial charge in [0.05, 0.1) is 29.1 Å². The van der Waals surface area contributed by atoms with Gasteiger partial charge in [-0.15, -0.1) is 11.3 Å². The molecule has 0 radical (unpaired) electrons. The van der Waals surface area contributed by atoms with Crippen LogP contribution in [0.2, 0.25) is 0 Å². The van der Waals surface area contributed by atoms with Crippen LogP contribution < -0.4 is 20.1 Å². The summed E-state index contributed by atoms with van der Waals surface area (Å²) in [7, 11) is 1.55. The van der Waals surface area contributed by atoms with Gasteiger partial charge in [0.25, 0.3) is 11.8 Å². The molecule has 0 unspecified atom stereocenters. The van der Waals surface area contributed by atoms with Crippen LogP contribution in [0.1, 0.15) is 31.4 Å². The van der Waals surface area contributed by atoms with Crippen LogP contribution in [0.4, 0.5) is 11.4 Å². The Morgan fingerprint density at radius 3 is 2.29 bits per heavy atom. The van der Waals surface area contributed by atoms with Crippen molar-refractivity contribution in [2.45, 2.75) is 13.5 Å². The van der Waals surface area contributed by atoms with Crippen molar-refractivity contribution in [1.82, 2.24) is 4.98 Å². The number of benzene rings is 3. The van der Waals surface area contributed by atoms with Crippen LogP contribution in [-0.2, 0) is 6.61 Å². The van der Waals surface area contributed by atoms with Gasteiger partial charge < -0.3 is 20.1 Å². The first kappa shape index (κ1) is 23.0. The lowest BCUT2D eigenvalue weighted by Crippen LogP contribution is -2.15. The Labute approximate surface area is 201 Å². The molecule has 0 aliphatic carbocycles. The van der Waals surface area contributed by atoms with Crippen molar-refractivity contribution in [2.75, 3.05) is 17.7 Å². The second-order valence-corrected chi connectivity index (χ2v) is 8.39. The maximum atomic E-state index is 12.9. The number of rotatable bonds is 8. The van der Waals surface area contributed by atoms with E-state index in [0.29, 0.717) is 34.0 Å². The van der Waals surface area contributed by atoms with Gasteiger partial charge in [-0.05, 0) is 55.5 Å². The second kappa shape index (κ2) is 10.6. The van der Waals surface area contributed by atoms with Gasteiger partial charge in [-0.25, -0.2) is 4.98 Å². The zero-order valence-electron chi connectivity index (χ0n) is 18.7. The molecular weight excluding hydrogens is 450 g/mol. The second-order valence-electron chi connectivity index (χ2n) is 7.33. The molecule has 0 saturated heterocycles. The maximum absolute atomic E-state index is 12.9. The van der Waals surface area contributed by atoms with Gasteiger partial charge in [-0.1, -0.05) is 24.3 Å². The number of aryl methyl sites for hydroxylation is 1. The molecular formula is C26H23N3O4S. The van der Waals surface area contributed by atoms with Crippen molar-refractivity contribution in [3.63, 3.8) is 0 Å². The van der Waals surface area contributed by atoms with Crippen molar-refractivity contribution in [3.8, 4) is 11.5 Å². The largest absolute Gasteiger partial charge is 0.495 e. The number of carbonyl (C=O) groups is 2. The quantitative estimate of drug-likeness (QED) is 0.351. The number of nitrogens with one attached hydrogen (secondary N) is 2. The summed E-state index contributed by atoms with van der Waals surface area (Å²) in [6.07, 6.45) is 0. The number of carbonyl (C=O) groups excluding carboxylic acids is 2. The van der Waals surface area contributed by atoms with E-state index in [2.05, 4.69) is 15.6 Å². The molecule has 0 bridgehead atoms. The standard InChI is InChI=1S/C26H23N3O4S/c1-17-27-20(16-34-17)15-33-23-9-5-3-7-21(23)26(31)28-19-13-11-18(12-14-19)25(30)29-22-8-4-6-10-24(22)32-2/h3-14,16H,15H2,1-2H3,(H,28,31)(H,29,30). The summed E-state index contributed by atoms with van der Waals surface area (Å²) in [4.78, 5) is 29.9. The van der Waals surface area contributed by atoms with Gasteiger partial charge >= 0.3 is 0 Å². The molecule has 8 heteroatoms. The minimum Gasteiger partial charge on any atom is -0.495 e. The van der Waals surface area contributed by atoms with Crippen LogP contribution in [-0.4, -0.2) is 23.9 Å². The van der Waals surface area contributed by atoms with Gasteiger partial charge in [0.2, 0.25) is 0 Å². The highest BCUT2D eigenvalue weighted by Gasteiger charge is 2.14. The Balaban J connectivity index is 1.40. The average molecular weight is 474 g/mol. The average Bonchev–Trinajstić information content (AvgIpc) is 3.28. The number of methoxy groups -OCH3 is 1. The predicted octanol–water partition coefficient (Wildman–Crippen LogP) is 5.54. The number of thiazole rings is 1. The van der Waals surface area contributed by atoms with E-state index in [4.69, 9.17) is 9.47 Å². The Morgan fingerprint density at radius 1 is 0.882 bits per heavy atom. The highest BCUT2D eigenvalue weighted by atomic mass is 32.1. The third-order valence-corrected chi connectivity index (χ3v) is 5.76. The predicted molar refractivity (Wildman–Crippen MR) is 133 cm³/mol. The number of ether oxygens (including phenoxy) is 2. The third kappa shape index (κ3) is 5.60. The molecule has 2 amide bonds. The molecule has 1 heterocycles. The van der Waals surface area contributed by atoms with Gasteiger partial charge in [0, 0.05) is 16.6 Å². The van der Waals surface area contributed by atoms with Crippen LogP contribution in [0.25, 0.3) is 0 Å². The van der Waals surface area contributed by atoms with E-state index in [0.717, 1.165) is 10.7 Å². The number of hydrogen-bond acceptors (Lipinski definition) is 6. The summed E-state index contributed by atoms with van der Waals surface area (Å²) in [5.41, 5.74) is 2.82. The van der Waals surface area contributed by atoms with Crippen molar-refractivity contribution < 1.29 is 19.1 Å². The van der Waals surface area contributed by atoms with Crippen LogP contribution in [0.3, 0.4) is 0 Å². The van der Waals surface area contributed by atoms with Crippen LogP contribution in [0, 0.1) is 6.92 Å². The summed E-state index contributed by atoms with van der Waals surface area (Å²) in [5, 5.41) is 8.58.